The maximum Gasteiger partial charge on any atom is 0.217 e. The van der Waals surface area contributed by atoms with Crippen molar-refractivity contribution < 1.29 is 29.6 Å². The summed E-state index contributed by atoms with van der Waals surface area (Å²) in [5.41, 5.74) is 2.18. The van der Waals surface area contributed by atoms with Gasteiger partial charge in [-0.2, -0.15) is 0 Å². The third-order valence-electron chi connectivity index (χ3n) is 12.8. The molecule has 3 saturated carbocycles. The lowest BCUT2D eigenvalue weighted by molar-refractivity contribution is -0.284. The van der Waals surface area contributed by atoms with Crippen molar-refractivity contribution in [2.45, 2.75) is 149 Å². The van der Waals surface area contributed by atoms with Crippen LogP contribution in [0, 0.1) is 46.3 Å². The molecule has 0 aromatic rings. The molecule has 1 heterocycles. The van der Waals surface area contributed by atoms with E-state index in [2.05, 4.69) is 46.0 Å². The number of aliphatic hydroxyl groups is 3. The summed E-state index contributed by atoms with van der Waals surface area (Å²) in [6, 6.07) is -0.891. The first-order valence-corrected chi connectivity index (χ1v) is 17.1. The minimum absolute atomic E-state index is 0.0969. The summed E-state index contributed by atoms with van der Waals surface area (Å²) in [4.78, 5) is 11.9. The van der Waals surface area contributed by atoms with Gasteiger partial charge in [-0.1, -0.05) is 65.5 Å². The predicted molar refractivity (Wildman–Crippen MR) is 163 cm³/mol. The van der Waals surface area contributed by atoms with Crippen LogP contribution in [0.3, 0.4) is 0 Å². The van der Waals surface area contributed by atoms with E-state index in [1.165, 1.54) is 63.9 Å². The molecule has 7 heteroatoms. The van der Waals surface area contributed by atoms with Crippen LogP contribution in [0.15, 0.2) is 11.6 Å². The SMILES string of the molecule is CC(=O)N[C@H]1[C@H](O[C@H]2CC[C@@]3(C)C(=CC[C@@H]4[C@H]3CC[C@]3(C)[C@@H]([C@@H](C)CCCC(C)C)CC[C@@H]43)C2)O[C@H](CO)[C@@H](O)[C@@H]1O. The Labute approximate surface area is 254 Å². The molecule has 42 heavy (non-hydrogen) atoms. The first-order valence-electron chi connectivity index (χ1n) is 17.1. The van der Waals surface area contributed by atoms with Crippen LogP contribution in [-0.2, 0) is 14.3 Å². The van der Waals surface area contributed by atoms with E-state index in [1.807, 2.05) is 0 Å². The van der Waals surface area contributed by atoms with Crippen molar-refractivity contribution in [1.29, 1.82) is 0 Å². The van der Waals surface area contributed by atoms with Gasteiger partial charge in [0.1, 0.15) is 24.4 Å². The quantitative estimate of drug-likeness (QED) is 0.270. The van der Waals surface area contributed by atoms with Crippen molar-refractivity contribution in [3.63, 3.8) is 0 Å². The van der Waals surface area contributed by atoms with E-state index in [4.69, 9.17) is 9.47 Å². The molecule has 1 aliphatic heterocycles. The Kier molecular flexibility index (Phi) is 9.86. The number of carbonyl (C=O) groups is 1. The fourth-order valence-corrected chi connectivity index (χ4v) is 10.5. The van der Waals surface area contributed by atoms with E-state index < -0.39 is 37.3 Å². The number of hydrogen-bond acceptors (Lipinski definition) is 6. The molecule has 5 aliphatic rings. The van der Waals surface area contributed by atoms with Crippen LogP contribution < -0.4 is 5.32 Å². The number of ether oxygens (including phenoxy) is 2. The van der Waals surface area contributed by atoms with Crippen molar-refractivity contribution in [2.24, 2.45) is 46.3 Å². The predicted octanol–water partition coefficient (Wildman–Crippen LogP) is 5.36. The molecule has 4 aliphatic carbocycles. The number of amides is 1. The zero-order chi connectivity index (χ0) is 30.4. The Balaban J connectivity index is 1.26. The Morgan fingerprint density at radius 3 is 2.52 bits per heavy atom. The lowest BCUT2D eigenvalue weighted by Gasteiger charge is -2.58. The molecule has 13 atom stereocenters. The van der Waals surface area contributed by atoms with Gasteiger partial charge in [-0.05, 0) is 97.7 Å². The van der Waals surface area contributed by atoms with Crippen molar-refractivity contribution in [3.05, 3.63) is 11.6 Å². The number of fused-ring (bicyclic) bond motifs is 5. The summed E-state index contributed by atoms with van der Waals surface area (Å²) in [6.45, 7) is 13.3. The van der Waals surface area contributed by atoms with Gasteiger partial charge in [0, 0.05) is 6.92 Å². The van der Waals surface area contributed by atoms with Gasteiger partial charge in [0.05, 0.1) is 12.7 Å². The second-order valence-corrected chi connectivity index (χ2v) is 15.7. The molecule has 5 rings (SSSR count). The lowest BCUT2D eigenvalue weighted by Crippen LogP contribution is -2.65. The fraction of sp³-hybridized carbons (Fsp3) is 0.914. The van der Waals surface area contributed by atoms with Crippen molar-refractivity contribution >= 4 is 5.91 Å². The van der Waals surface area contributed by atoms with E-state index >= 15 is 0 Å². The topological polar surface area (TPSA) is 108 Å². The monoisotopic (exact) mass is 589 g/mol. The minimum Gasteiger partial charge on any atom is -0.394 e. The summed E-state index contributed by atoms with van der Waals surface area (Å²) in [7, 11) is 0. The van der Waals surface area contributed by atoms with Gasteiger partial charge in [-0.3, -0.25) is 4.79 Å². The smallest absolute Gasteiger partial charge is 0.217 e. The van der Waals surface area contributed by atoms with E-state index in [1.54, 1.807) is 0 Å². The van der Waals surface area contributed by atoms with Crippen molar-refractivity contribution in [3.8, 4) is 0 Å². The molecule has 240 valence electrons. The Bertz CT molecular complexity index is 985. The van der Waals surface area contributed by atoms with Gasteiger partial charge in [0.2, 0.25) is 5.91 Å². The average Bonchev–Trinajstić information content (AvgIpc) is 3.29. The number of carbonyl (C=O) groups excluding carboxylic acids is 1. The Morgan fingerprint density at radius 1 is 1.07 bits per heavy atom. The third kappa shape index (κ3) is 5.99. The van der Waals surface area contributed by atoms with Gasteiger partial charge in [-0.15, -0.1) is 0 Å². The zero-order valence-corrected chi connectivity index (χ0v) is 27.1. The van der Waals surface area contributed by atoms with Crippen LogP contribution in [-0.4, -0.2) is 64.6 Å². The Morgan fingerprint density at radius 2 is 1.83 bits per heavy atom. The molecule has 7 nitrogen and oxygen atoms in total. The first-order chi connectivity index (χ1) is 19.9. The van der Waals surface area contributed by atoms with Crippen LogP contribution in [0.4, 0.5) is 0 Å². The molecule has 0 bridgehead atoms. The second kappa shape index (κ2) is 12.8. The maximum absolute atomic E-state index is 11.9. The van der Waals surface area contributed by atoms with E-state index in [0.29, 0.717) is 5.41 Å². The van der Waals surface area contributed by atoms with Crippen LogP contribution in [0.25, 0.3) is 0 Å². The van der Waals surface area contributed by atoms with Crippen LogP contribution in [0.5, 0.6) is 0 Å². The van der Waals surface area contributed by atoms with Gasteiger partial charge < -0.3 is 30.1 Å². The number of rotatable bonds is 9. The van der Waals surface area contributed by atoms with Gasteiger partial charge >= 0.3 is 0 Å². The van der Waals surface area contributed by atoms with E-state index in [0.717, 1.165) is 54.8 Å². The van der Waals surface area contributed by atoms with Gasteiger partial charge in [0.15, 0.2) is 6.29 Å². The second-order valence-electron chi connectivity index (χ2n) is 15.7. The third-order valence-corrected chi connectivity index (χ3v) is 12.8. The summed E-state index contributed by atoms with van der Waals surface area (Å²) in [6.07, 6.45) is 11.5. The number of aliphatic hydroxyl groups excluding tert-OH is 3. The molecule has 1 saturated heterocycles. The van der Waals surface area contributed by atoms with Crippen LogP contribution >= 0.6 is 0 Å². The lowest BCUT2D eigenvalue weighted by atomic mass is 9.47. The highest BCUT2D eigenvalue weighted by Gasteiger charge is 2.59. The molecule has 0 unspecified atom stereocenters. The zero-order valence-electron chi connectivity index (χ0n) is 27.1. The summed E-state index contributed by atoms with van der Waals surface area (Å²) in [5.74, 6) is 4.48. The molecule has 0 spiro atoms. The number of nitrogens with one attached hydrogen (secondary N) is 1. The maximum atomic E-state index is 11.9. The summed E-state index contributed by atoms with van der Waals surface area (Å²) < 4.78 is 12.3. The summed E-state index contributed by atoms with van der Waals surface area (Å²) >= 11 is 0. The average molecular weight is 590 g/mol. The molecular weight excluding hydrogens is 530 g/mol. The Hall–Kier alpha value is -0.990. The highest BCUT2D eigenvalue weighted by molar-refractivity contribution is 5.73. The van der Waals surface area contributed by atoms with Gasteiger partial charge in [-0.25, -0.2) is 0 Å². The van der Waals surface area contributed by atoms with Crippen molar-refractivity contribution in [2.75, 3.05) is 6.61 Å². The normalized spacial score (nSPS) is 45.9. The summed E-state index contributed by atoms with van der Waals surface area (Å²) in [5, 5.41) is 33.5. The van der Waals surface area contributed by atoms with E-state index in [9.17, 15) is 20.1 Å². The number of allylic oxidation sites excluding steroid dienone is 1. The molecule has 0 aromatic carbocycles. The van der Waals surface area contributed by atoms with Crippen molar-refractivity contribution in [1.82, 2.24) is 5.32 Å². The number of hydrogen-bond donors (Lipinski definition) is 4. The van der Waals surface area contributed by atoms with Gasteiger partial charge in [0.25, 0.3) is 0 Å². The molecule has 0 radical (unpaired) electrons. The van der Waals surface area contributed by atoms with E-state index in [-0.39, 0.29) is 17.4 Å². The standard InChI is InChI=1S/C35H59NO6/c1-20(2)8-7-9-21(3)26-12-13-27-25-11-10-23-18-24(14-16-34(23,5)28(25)15-17-35(26,27)6)41-33-30(36-22(4)38)32(40)31(39)29(19-37)42-33/h10,20-21,24-33,37,39-40H,7-9,11-19H2,1-6H3,(H,36,38)/t21-,24-,25-,26+,27-,28+,29+,30+,31+,32+,33+,34-,35+/m0/s1. The largest absolute Gasteiger partial charge is 0.394 e. The molecule has 4 N–H and O–H groups in total. The molecular formula is C35H59NO6. The fourth-order valence-electron chi connectivity index (χ4n) is 10.5. The molecule has 0 aromatic heterocycles. The first kappa shape index (κ1) is 32.4. The molecule has 1 amide bonds. The molecule has 4 fully saturated rings. The van der Waals surface area contributed by atoms with Crippen LogP contribution in [0.1, 0.15) is 112 Å². The highest BCUT2D eigenvalue weighted by Crippen LogP contribution is 2.67. The van der Waals surface area contributed by atoms with Crippen LogP contribution in [0.2, 0.25) is 0 Å². The minimum atomic E-state index is -1.30. The highest BCUT2D eigenvalue weighted by atomic mass is 16.7.